The van der Waals surface area contributed by atoms with Crippen LogP contribution in [-0.4, -0.2) is 40.5 Å². The Morgan fingerprint density at radius 1 is 1.44 bits per heavy atom. The maximum atomic E-state index is 12.1. The molecule has 0 aromatic heterocycles. The molecule has 1 aliphatic rings. The molecule has 0 aromatic carbocycles. The quantitative estimate of drug-likeness (QED) is 0.468. The number of hydrogen-bond acceptors (Lipinski definition) is 4. The number of amides is 1. The molecule has 1 aliphatic carbocycles. The minimum Gasteiger partial charge on any atom is -0.798 e. The van der Waals surface area contributed by atoms with Crippen molar-refractivity contribution in [3.05, 3.63) is 0 Å². The van der Waals surface area contributed by atoms with Gasteiger partial charge in [-0.2, -0.15) is 0 Å². The number of carbonyl (C=O) groups is 1. The van der Waals surface area contributed by atoms with Crippen molar-refractivity contribution >= 4 is 13.3 Å². The predicted molar refractivity (Wildman–Crippen MR) is 63.8 cm³/mol. The molecule has 1 saturated carbocycles. The second kappa shape index (κ2) is 8.03. The van der Waals surface area contributed by atoms with Gasteiger partial charge in [-0.05, 0) is 19.8 Å². The molecular weight excluding hydrogens is 264 g/mol. The van der Waals surface area contributed by atoms with Gasteiger partial charge in [-0.15, -0.1) is 0 Å². The number of aliphatic hydroxyl groups excluding tert-OH is 1. The van der Waals surface area contributed by atoms with Crippen molar-refractivity contribution in [3.63, 3.8) is 0 Å². The van der Waals surface area contributed by atoms with Crippen LogP contribution in [0.1, 0.15) is 39.5 Å². The molecule has 0 aliphatic heterocycles. The molecule has 0 bridgehead atoms. The van der Waals surface area contributed by atoms with Gasteiger partial charge in [0.15, 0.2) is 0 Å². The van der Waals surface area contributed by atoms with Crippen LogP contribution < -0.4 is 34.5 Å². The summed E-state index contributed by atoms with van der Waals surface area (Å²) >= 11 is 0. The Kier molecular flexibility index (Phi) is 8.31. The molecule has 1 amide bonds. The summed E-state index contributed by atoms with van der Waals surface area (Å²) < 4.78 is 12.1. The third-order valence-corrected chi connectivity index (χ3v) is 5.74. The van der Waals surface area contributed by atoms with Crippen LogP contribution in [-0.2, 0) is 9.36 Å². The van der Waals surface area contributed by atoms with E-state index in [9.17, 15) is 19.4 Å². The summed E-state index contributed by atoms with van der Waals surface area (Å²) in [7, 11) is -3.75. The fraction of sp³-hybridized carbons (Fsp3) is 0.909. The zero-order valence-corrected chi connectivity index (χ0v) is 14.4. The van der Waals surface area contributed by atoms with Crippen LogP contribution >= 0.6 is 7.37 Å². The van der Waals surface area contributed by atoms with E-state index >= 15 is 0 Å². The smallest absolute Gasteiger partial charge is 0.798 e. The monoisotopic (exact) mass is 285 g/mol. The summed E-state index contributed by atoms with van der Waals surface area (Å²) in [6, 6.07) is 0. The summed E-state index contributed by atoms with van der Waals surface area (Å²) in [5.41, 5.74) is -0.676. The van der Waals surface area contributed by atoms with Crippen molar-refractivity contribution in [2.45, 2.75) is 51.3 Å². The zero-order valence-electron chi connectivity index (χ0n) is 11.5. The number of nitrogens with zero attached hydrogens (tertiary/aromatic N) is 1. The summed E-state index contributed by atoms with van der Waals surface area (Å²) in [6.07, 6.45) is 1.75. The fourth-order valence-electron chi connectivity index (χ4n) is 2.32. The normalized spacial score (nSPS) is 26.9. The van der Waals surface area contributed by atoms with E-state index in [-0.39, 0.29) is 41.8 Å². The number of rotatable bonds is 4. The molecule has 0 aromatic rings. The molecular formula is C11H21NNaO4P. The third kappa shape index (κ3) is 4.95. The van der Waals surface area contributed by atoms with Gasteiger partial charge in [0.05, 0.1) is 12.4 Å². The summed E-state index contributed by atoms with van der Waals surface area (Å²) in [5, 5.41) is 9.75. The Morgan fingerprint density at radius 2 is 2.00 bits per heavy atom. The molecule has 0 heterocycles. The number of carbonyl (C=O) groups excluding carboxylic acids is 1. The van der Waals surface area contributed by atoms with Crippen LogP contribution in [0.5, 0.6) is 0 Å². The standard InChI is InChI=1S/C11H22NO4P.Na/c1-3-12(9(2)13)8-17(15,16)11-7-5-4-6-10(11)14;/h10-11,14H,3-8H2,1-2H3,(H,15,16);/q;+1/p-1. The van der Waals surface area contributed by atoms with Gasteiger partial charge in [0.25, 0.3) is 0 Å². The Bertz CT molecular complexity index is 326. The van der Waals surface area contributed by atoms with Crippen molar-refractivity contribution in [2.24, 2.45) is 0 Å². The van der Waals surface area contributed by atoms with Gasteiger partial charge in [-0.3, -0.25) is 4.79 Å². The Hall–Kier alpha value is 0.620. The molecule has 5 nitrogen and oxygen atoms in total. The number of aliphatic hydroxyl groups is 1. The van der Waals surface area contributed by atoms with Crippen LogP contribution in [0, 0.1) is 0 Å². The van der Waals surface area contributed by atoms with Gasteiger partial charge >= 0.3 is 29.6 Å². The topological polar surface area (TPSA) is 80.7 Å². The average Bonchev–Trinajstić information content (AvgIpc) is 2.26. The van der Waals surface area contributed by atoms with Crippen molar-refractivity contribution < 1.29 is 48.9 Å². The van der Waals surface area contributed by atoms with Crippen LogP contribution in [0.4, 0.5) is 0 Å². The summed E-state index contributed by atoms with van der Waals surface area (Å²) in [5.74, 6) is -0.242. The second-order valence-corrected chi connectivity index (χ2v) is 7.06. The van der Waals surface area contributed by atoms with Crippen LogP contribution in [0.2, 0.25) is 0 Å². The van der Waals surface area contributed by atoms with E-state index in [0.717, 1.165) is 12.8 Å². The molecule has 100 valence electrons. The maximum Gasteiger partial charge on any atom is 1.00 e. The molecule has 0 radical (unpaired) electrons. The Balaban J connectivity index is 0.00000289. The largest absolute Gasteiger partial charge is 1.00 e. The van der Waals surface area contributed by atoms with E-state index < -0.39 is 19.1 Å². The van der Waals surface area contributed by atoms with Crippen molar-refractivity contribution in [1.29, 1.82) is 0 Å². The fourth-order valence-corrected chi connectivity index (χ4v) is 4.65. The van der Waals surface area contributed by atoms with Crippen molar-refractivity contribution in [2.75, 3.05) is 12.8 Å². The van der Waals surface area contributed by atoms with Gasteiger partial charge in [0.2, 0.25) is 5.91 Å². The van der Waals surface area contributed by atoms with E-state index in [1.54, 1.807) is 6.92 Å². The molecule has 1 fully saturated rings. The predicted octanol–water partition coefficient (Wildman–Crippen LogP) is -2.24. The Labute approximate surface area is 131 Å². The van der Waals surface area contributed by atoms with E-state index in [0.29, 0.717) is 19.4 Å². The first-order valence-corrected chi connectivity index (χ1v) is 7.99. The SMILES string of the molecule is CCN(CP(=O)([O-])C1CCCCC1O)C(C)=O.[Na+]. The first kappa shape index (κ1) is 18.6. The van der Waals surface area contributed by atoms with Crippen LogP contribution in [0.25, 0.3) is 0 Å². The first-order chi connectivity index (χ1) is 7.88. The third-order valence-electron chi connectivity index (χ3n) is 3.39. The van der Waals surface area contributed by atoms with Crippen molar-refractivity contribution in [1.82, 2.24) is 4.90 Å². The van der Waals surface area contributed by atoms with Gasteiger partial charge in [0, 0.05) is 26.5 Å². The van der Waals surface area contributed by atoms with E-state index in [1.807, 2.05) is 0 Å². The average molecular weight is 285 g/mol. The van der Waals surface area contributed by atoms with E-state index in [4.69, 9.17) is 0 Å². The molecule has 0 saturated heterocycles. The molecule has 3 unspecified atom stereocenters. The van der Waals surface area contributed by atoms with Crippen LogP contribution in [0.15, 0.2) is 0 Å². The maximum absolute atomic E-state index is 12.1. The second-order valence-electron chi connectivity index (χ2n) is 4.66. The molecule has 18 heavy (non-hydrogen) atoms. The minimum absolute atomic E-state index is 0. The van der Waals surface area contributed by atoms with Gasteiger partial charge in [-0.25, -0.2) is 0 Å². The number of hydrogen-bond donors (Lipinski definition) is 1. The van der Waals surface area contributed by atoms with Gasteiger partial charge < -0.3 is 19.5 Å². The van der Waals surface area contributed by atoms with Crippen molar-refractivity contribution in [3.8, 4) is 0 Å². The van der Waals surface area contributed by atoms with E-state index in [1.165, 1.54) is 11.8 Å². The molecule has 7 heteroatoms. The molecule has 0 spiro atoms. The first-order valence-electron chi connectivity index (χ1n) is 6.11. The summed E-state index contributed by atoms with van der Waals surface area (Å²) in [4.78, 5) is 24.7. The van der Waals surface area contributed by atoms with E-state index in [2.05, 4.69) is 0 Å². The molecule has 1 N–H and O–H groups in total. The van der Waals surface area contributed by atoms with Gasteiger partial charge in [-0.1, -0.05) is 12.8 Å². The van der Waals surface area contributed by atoms with Gasteiger partial charge in [0.1, 0.15) is 0 Å². The van der Waals surface area contributed by atoms with Crippen LogP contribution in [0.3, 0.4) is 0 Å². The Morgan fingerprint density at radius 3 is 2.44 bits per heavy atom. The summed E-state index contributed by atoms with van der Waals surface area (Å²) in [6.45, 7) is 3.49. The molecule has 1 rings (SSSR count). The zero-order chi connectivity index (χ0) is 13.1. The molecule has 3 atom stereocenters. The minimum atomic E-state index is -3.75.